The van der Waals surface area contributed by atoms with Gasteiger partial charge in [-0.3, -0.25) is 14.6 Å². The number of amides is 2. The number of anilines is 2. The lowest BCUT2D eigenvalue weighted by Crippen LogP contribution is -2.17. The first-order valence-corrected chi connectivity index (χ1v) is 8.32. The highest BCUT2D eigenvalue weighted by atomic mass is 16.5. The molecule has 0 bridgehead atoms. The molecule has 3 aromatic rings. The highest BCUT2D eigenvalue weighted by Gasteiger charge is 2.14. The summed E-state index contributed by atoms with van der Waals surface area (Å²) in [4.78, 5) is 29.0. The highest BCUT2D eigenvalue weighted by Crippen LogP contribution is 2.18. The van der Waals surface area contributed by atoms with E-state index in [1.165, 1.54) is 25.4 Å². The Morgan fingerprint density at radius 3 is 2.61 bits per heavy atom. The number of hydrogen-bond acceptors (Lipinski definition) is 5. The van der Waals surface area contributed by atoms with E-state index in [2.05, 4.69) is 15.6 Å². The predicted octanol–water partition coefficient (Wildman–Crippen LogP) is 3.47. The minimum absolute atomic E-state index is 0.0871. The highest BCUT2D eigenvalue weighted by molar-refractivity contribution is 6.08. The Morgan fingerprint density at radius 1 is 1.00 bits per heavy atom. The van der Waals surface area contributed by atoms with E-state index in [4.69, 9.17) is 10.00 Å². The van der Waals surface area contributed by atoms with Crippen molar-refractivity contribution < 1.29 is 14.3 Å². The third-order valence-electron chi connectivity index (χ3n) is 3.88. The summed E-state index contributed by atoms with van der Waals surface area (Å²) >= 11 is 0. The fraction of sp³-hybridized carbons (Fsp3) is 0.0476. The van der Waals surface area contributed by atoms with Gasteiger partial charge in [0.15, 0.2) is 0 Å². The second-order valence-electron chi connectivity index (χ2n) is 5.73. The number of methoxy groups -OCH3 is 1. The minimum Gasteiger partial charge on any atom is -0.497 e. The number of nitrogens with one attached hydrogen (secondary N) is 2. The van der Waals surface area contributed by atoms with Crippen LogP contribution in [-0.4, -0.2) is 23.9 Å². The predicted molar refractivity (Wildman–Crippen MR) is 104 cm³/mol. The molecule has 138 valence electrons. The van der Waals surface area contributed by atoms with E-state index in [1.807, 2.05) is 6.07 Å². The van der Waals surface area contributed by atoms with Gasteiger partial charge in [0.25, 0.3) is 11.8 Å². The second-order valence-corrected chi connectivity index (χ2v) is 5.73. The van der Waals surface area contributed by atoms with Crippen LogP contribution >= 0.6 is 0 Å². The topological polar surface area (TPSA) is 104 Å². The summed E-state index contributed by atoms with van der Waals surface area (Å²) in [6.07, 6.45) is 1.38. The molecule has 2 amide bonds. The summed E-state index contributed by atoms with van der Waals surface area (Å²) < 4.78 is 5.13. The number of nitriles is 1. The van der Waals surface area contributed by atoms with E-state index in [-0.39, 0.29) is 11.3 Å². The number of carbonyl (C=O) groups is 2. The monoisotopic (exact) mass is 372 g/mol. The molecule has 7 heteroatoms. The molecule has 1 aromatic heterocycles. The van der Waals surface area contributed by atoms with E-state index in [0.29, 0.717) is 22.7 Å². The van der Waals surface area contributed by atoms with Gasteiger partial charge in [0.1, 0.15) is 17.5 Å². The van der Waals surface area contributed by atoms with Crippen LogP contribution in [0.4, 0.5) is 11.4 Å². The van der Waals surface area contributed by atoms with Gasteiger partial charge < -0.3 is 15.4 Å². The zero-order valence-corrected chi connectivity index (χ0v) is 15.0. The third-order valence-corrected chi connectivity index (χ3v) is 3.88. The van der Waals surface area contributed by atoms with Gasteiger partial charge in [0.2, 0.25) is 0 Å². The Bertz CT molecular complexity index is 1070. The first kappa shape index (κ1) is 18.6. The molecule has 0 aliphatic carbocycles. The molecule has 0 fully saturated rings. The van der Waals surface area contributed by atoms with Crippen molar-refractivity contribution >= 4 is 23.2 Å². The number of nitrogens with zero attached hydrogens (tertiary/aromatic N) is 2. The maximum Gasteiger partial charge on any atom is 0.274 e. The number of benzene rings is 2. The van der Waals surface area contributed by atoms with Crippen molar-refractivity contribution in [2.45, 2.75) is 0 Å². The van der Waals surface area contributed by atoms with Crippen LogP contribution in [0.15, 0.2) is 66.9 Å². The lowest BCUT2D eigenvalue weighted by molar-refractivity contribution is 0.102. The van der Waals surface area contributed by atoms with Crippen LogP contribution in [0, 0.1) is 11.3 Å². The number of ether oxygens (including phenoxy) is 1. The molecule has 0 aliphatic rings. The number of hydrogen-bond donors (Lipinski definition) is 2. The quantitative estimate of drug-likeness (QED) is 0.714. The summed E-state index contributed by atoms with van der Waals surface area (Å²) in [7, 11) is 1.54. The van der Waals surface area contributed by atoms with Crippen LogP contribution in [-0.2, 0) is 0 Å². The zero-order chi connectivity index (χ0) is 19.9. The summed E-state index contributed by atoms with van der Waals surface area (Å²) in [5.41, 5.74) is 1.63. The van der Waals surface area contributed by atoms with Gasteiger partial charge in [-0.2, -0.15) is 5.26 Å². The maximum absolute atomic E-state index is 12.5. The molecule has 2 N–H and O–H groups in total. The van der Waals surface area contributed by atoms with Crippen molar-refractivity contribution in [2.24, 2.45) is 0 Å². The van der Waals surface area contributed by atoms with E-state index in [9.17, 15) is 9.59 Å². The van der Waals surface area contributed by atoms with Gasteiger partial charge >= 0.3 is 0 Å². The molecule has 28 heavy (non-hydrogen) atoms. The fourth-order valence-corrected chi connectivity index (χ4v) is 2.48. The summed E-state index contributed by atoms with van der Waals surface area (Å²) in [5, 5.41) is 14.5. The zero-order valence-electron chi connectivity index (χ0n) is 15.0. The average Bonchev–Trinajstić information content (AvgIpc) is 2.74. The molecule has 0 atom stereocenters. The molecule has 0 radical (unpaired) electrons. The smallest absolute Gasteiger partial charge is 0.274 e. The van der Waals surface area contributed by atoms with E-state index < -0.39 is 11.8 Å². The van der Waals surface area contributed by atoms with Gasteiger partial charge in [0.05, 0.1) is 18.4 Å². The standard InChI is InChI=1S/C21H16N4O3/c1-28-17-7-4-6-16(12-17)24-21(27)19-11-14(9-10-23-19)20(26)25-18-8-3-2-5-15(18)13-22/h2-12H,1H3,(H,24,27)(H,25,26). The van der Waals surface area contributed by atoms with Crippen molar-refractivity contribution in [2.75, 3.05) is 17.7 Å². The lowest BCUT2D eigenvalue weighted by atomic mass is 10.1. The Kier molecular flexibility index (Phi) is 5.63. The normalized spacial score (nSPS) is 9.86. The maximum atomic E-state index is 12.5. The van der Waals surface area contributed by atoms with Crippen LogP contribution in [0.3, 0.4) is 0 Å². The molecule has 7 nitrogen and oxygen atoms in total. The van der Waals surface area contributed by atoms with Crippen LogP contribution in [0.25, 0.3) is 0 Å². The first-order valence-electron chi connectivity index (χ1n) is 8.32. The number of rotatable bonds is 5. The largest absolute Gasteiger partial charge is 0.497 e. The molecule has 0 unspecified atom stereocenters. The number of aromatic nitrogens is 1. The van der Waals surface area contributed by atoms with Gasteiger partial charge in [-0.1, -0.05) is 18.2 Å². The van der Waals surface area contributed by atoms with E-state index >= 15 is 0 Å². The Balaban J connectivity index is 1.76. The molecule has 3 rings (SSSR count). The SMILES string of the molecule is COc1cccc(NC(=O)c2cc(C(=O)Nc3ccccc3C#N)ccn2)c1. The fourth-order valence-electron chi connectivity index (χ4n) is 2.48. The Hall–Kier alpha value is -4.18. The first-order chi connectivity index (χ1) is 13.6. The van der Waals surface area contributed by atoms with Gasteiger partial charge in [-0.25, -0.2) is 0 Å². The van der Waals surface area contributed by atoms with Crippen molar-refractivity contribution in [3.8, 4) is 11.8 Å². The van der Waals surface area contributed by atoms with Gasteiger partial charge in [-0.05, 0) is 36.4 Å². The molecule has 0 spiro atoms. The summed E-state index contributed by atoms with van der Waals surface area (Å²) in [6, 6.07) is 18.5. The number of carbonyl (C=O) groups excluding carboxylic acids is 2. The molecule has 2 aromatic carbocycles. The summed E-state index contributed by atoms with van der Waals surface area (Å²) in [5.74, 6) is -0.295. The average molecular weight is 372 g/mol. The molecular formula is C21H16N4O3. The van der Waals surface area contributed by atoms with Crippen LogP contribution in [0.5, 0.6) is 5.75 Å². The van der Waals surface area contributed by atoms with Gasteiger partial charge in [0, 0.05) is 23.5 Å². The lowest BCUT2D eigenvalue weighted by Gasteiger charge is -2.09. The molecule has 0 saturated carbocycles. The van der Waals surface area contributed by atoms with Crippen LogP contribution in [0.2, 0.25) is 0 Å². The molecular weight excluding hydrogens is 356 g/mol. The Labute approximate surface area is 161 Å². The van der Waals surface area contributed by atoms with Crippen molar-refractivity contribution in [3.05, 3.63) is 83.7 Å². The van der Waals surface area contributed by atoms with Gasteiger partial charge in [-0.15, -0.1) is 0 Å². The van der Waals surface area contributed by atoms with Crippen molar-refractivity contribution in [3.63, 3.8) is 0 Å². The summed E-state index contributed by atoms with van der Waals surface area (Å²) in [6.45, 7) is 0. The van der Waals surface area contributed by atoms with E-state index in [1.54, 1.807) is 48.5 Å². The van der Waals surface area contributed by atoms with E-state index in [0.717, 1.165) is 0 Å². The number of para-hydroxylation sites is 1. The molecule has 1 heterocycles. The van der Waals surface area contributed by atoms with Crippen LogP contribution < -0.4 is 15.4 Å². The number of pyridine rings is 1. The Morgan fingerprint density at radius 2 is 1.82 bits per heavy atom. The van der Waals surface area contributed by atoms with Crippen molar-refractivity contribution in [1.29, 1.82) is 5.26 Å². The van der Waals surface area contributed by atoms with Crippen molar-refractivity contribution in [1.82, 2.24) is 4.98 Å². The minimum atomic E-state index is -0.458. The third kappa shape index (κ3) is 4.31. The molecule has 0 aliphatic heterocycles. The van der Waals surface area contributed by atoms with Crippen LogP contribution in [0.1, 0.15) is 26.4 Å². The molecule has 0 saturated heterocycles. The second kappa shape index (κ2) is 8.47.